The summed E-state index contributed by atoms with van der Waals surface area (Å²) in [6.07, 6.45) is 3.87. The van der Waals surface area contributed by atoms with Crippen LogP contribution in [0.25, 0.3) is 0 Å². The Labute approximate surface area is 48.9 Å². The summed E-state index contributed by atoms with van der Waals surface area (Å²) < 4.78 is 0.492. The van der Waals surface area contributed by atoms with Crippen LogP contribution >= 0.6 is 15.9 Å². The van der Waals surface area contributed by atoms with Gasteiger partial charge in [-0.2, -0.15) is 0 Å². The van der Waals surface area contributed by atoms with E-state index in [1.165, 1.54) is 6.20 Å². The maximum absolute atomic E-state index is 3.67. The predicted octanol–water partition coefficient (Wildman–Crippen LogP) is 0.434. The molecule has 7 heavy (non-hydrogen) atoms. The van der Waals surface area contributed by atoms with Crippen LogP contribution in [0.4, 0.5) is 0 Å². The fourth-order valence-electron chi connectivity index (χ4n) is 0.204. The van der Waals surface area contributed by atoms with Crippen LogP contribution in [0.2, 0.25) is 0 Å². The Bertz CT molecular complexity index is 140. The van der Waals surface area contributed by atoms with Crippen LogP contribution in [-0.4, -0.2) is 15.2 Å². The summed E-state index contributed by atoms with van der Waals surface area (Å²) in [6, 6.07) is 0. The van der Waals surface area contributed by atoms with Gasteiger partial charge in [-0.1, -0.05) is 0 Å². The van der Waals surface area contributed by atoms with Crippen molar-refractivity contribution in [2.75, 3.05) is 0 Å². The second-order valence-electron chi connectivity index (χ2n) is 0.856. The molecule has 1 heterocycles. The van der Waals surface area contributed by atoms with Gasteiger partial charge in [0.1, 0.15) is 6.20 Å². The highest BCUT2D eigenvalue weighted by atomic mass is 79.9. The van der Waals surface area contributed by atoms with Crippen LogP contribution in [0.1, 0.15) is 0 Å². The van der Waals surface area contributed by atoms with Gasteiger partial charge in [-0.05, 0) is 15.9 Å². The number of hydrogen-bond acceptors (Lipinski definition) is 3. The Morgan fingerprint density at radius 3 is 2.86 bits per heavy atom. The van der Waals surface area contributed by atoms with Crippen molar-refractivity contribution >= 4 is 15.9 Å². The molecule has 4 heteroatoms. The first-order chi connectivity index (χ1) is 3.39. The fraction of sp³-hybridized carbons (Fsp3) is 0. The molecular formula is C3HBrN3. The zero-order chi connectivity index (χ0) is 5.11. The molecule has 0 aliphatic rings. The predicted molar refractivity (Wildman–Crippen MR) is 26.4 cm³/mol. The summed E-state index contributed by atoms with van der Waals surface area (Å²) in [5.41, 5.74) is 0. The number of aromatic nitrogens is 3. The molecule has 1 aromatic heterocycles. The van der Waals surface area contributed by atoms with E-state index < -0.39 is 0 Å². The van der Waals surface area contributed by atoms with Gasteiger partial charge in [0.05, 0.1) is 6.20 Å². The van der Waals surface area contributed by atoms with E-state index >= 15 is 0 Å². The van der Waals surface area contributed by atoms with E-state index in [-0.39, 0.29) is 0 Å². The smallest absolute Gasteiger partial charge is 0.217 e. The van der Waals surface area contributed by atoms with Crippen molar-refractivity contribution in [1.82, 2.24) is 15.2 Å². The van der Waals surface area contributed by atoms with Gasteiger partial charge in [0.25, 0.3) is 0 Å². The highest BCUT2D eigenvalue weighted by molar-refractivity contribution is 9.10. The van der Waals surface area contributed by atoms with Gasteiger partial charge < -0.3 is 0 Å². The number of nitrogens with zero attached hydrogens (tertiary/aromatic N) is 3. The van der Waals surface area contributed by atoms with E-state index in [2.05, 4.69) is 37.3 Å². The molecular weight excluding hydrogens is 158 g/mol. The van der Waals surface area contributed by atoms with Gasteiger partial charge >= 0.3 is 0 Å². The van der Waals surface area contributed by atoms with Crippen molar-refractivity contribution in [2.45, 2.75) is 0 Å². The van der Waals surface area contributed by atoms with Gasteiger partial charge in [-0.3, -0.25) is 0 Å². The minimum Gasteiger partial charge on any atom is -0.227 e. The number of hydrogen-bond donors (Lipinski definition) is 0. The summed E-state index contributed by atoms with van der Waals surface area (Å²) in [5, 5.41) is 6.88. The van der Waals surface area contributed by atoms with E-state index in [1.54, 1.807) is 0 Å². The summed E-state index contributed by atoms with van der Waals surface area (Å²) in [6.45, 7) is 0. The Morgan fingerprint density at radius 1 is 1.71 bits per heavy atom. The topological polar surface area (TPSA) is 38.7 Å². The minimum absolute atomic E-state index is 0.492. The molecule has 1 radical (unpaired) electrons. The third-order valence-electron chi connectivity index (χ3n) is 0.419. The van der Waals surface area contributed by atoms with Gasteiger partial charge in [0.15, 0.2) is 0 Å². The van der Waals surface area contributed by atoms with Crippen molar-refractivity contribution in [1.29, 1.82) is 0 Å². The largest absolute Gasteiger partial charge is 0.227 e. The molecule has 0 fully saturated rings. The van der Waals surface area contributed by atoms with Crippen LogP contribution in [-0.2, 0) is 0 Å². The zero-order valence-electron chi connectivity index (χ0n) is 3.30. The first-order valence-electron chi connectivity index (χ1n) is 1.61. The van der Waals surface area contributed by atoms with Gasteiger partial charge in [0, 0.05) is 0 Å². The molecule has 0 amide bonds. The van der Waals surface area contributed by atoms with Crippen molar-refractivity contribution in [3.63, 3.8) is 0 Å². The summed E-state index contributed by atoms with van der Waals surface area (Å²) >= 11 is 3.01. The molecule has 0 N–H and O–H groups in total. The molecule has 0 saturated carbocycles. The Morgan fingerprint density at radius 2 is 2.57 bits per heavy atom. The molecule has 3 nitrogen and oxygen atoms in total. The molecule has 1 rings (SSSR count). The van der Waals surface area contributed by atoms with Gasteiger partial charge in [-0.25, -0.2) is 4.98 Å². The number of halogens is 1. The van der Waals surface area contributed by atoms with E-state index in [0.29, 0.717) is 4.73 Å². The van der Waals surface area contributed by atoms with Crippen molar-refractivity contribution in [2.24, 2.45) is 0 Å². The van der Waals surface area contributed by atoms with E-state index in [0.717, 1.165) is 0 Å². The van der Waals surface area contributed by atoms with Crippen molar-refractivity contribution < 1.29 is 0 Å². The van der Waals surface area contributed by atoms with Crippen LogP contribution in [0, 0.1) is 6.20 Å². The summed E-state index contributed by atoms with van der Waals surface area (Å²) in [5.74, 6) is 0. The molecule has 0 unspecified atom stereocenters. The zero-order valence-corrected chi connectivity index (χ0v) is 4.88. The standard InChI is InChI=1S/C3HBrN3/c4-3-5-1-2-6-7-3/h1H. The van der Waals surface area contributed by atoms with Crippen LogP contribution in [0.5, 0.6) is 0 Å². The molecule has 0 bridgehead atoms. The average molecular weight is 159 g/mol. The third-order valence-corrected chi connectivity index (χ3v) is 0.782. The maximum Gasteiger partial charge on any atom is 0.217 e. The molecule has 35 valence electrons. The fourth-order valence-corrected chi connectivity index (χ4v) is 0.386. The van der Waals surface area contributed by atoms with Crippen molar-refractivity contribution in [3.8, 4) is 0 Å². The Balaban J connectivity index is 3.02. The van der Waals surface area contributed by atoms with Gasteiger partial charge in [0.2, 0.25) is 4.73 Å². The lowest BCUT2D eigenvalue weighted by atomic mass is 10.9. The first-order valence-corrected chi connectivity index (χ1v) is 2.40. The second kappa shape index (κ2) is 1.97. The number of rotatable bonds is 0. The highest BCUT2D eigenvalue weighted by Gasteiger charge is 1.79. The maximum atomic E-state index is 3.67. The molecule has 0 aliphatic carbocycles. The Hall–Kier alpha value is -0.510. The van der Waals surface area contributed by atoms with E-state index in [1.807, 2.05) is 0 Å². The lowest BCUT2D eigenvalue weighted by Gasteiger charge is -1.77. The quantitative estimate of drug-likeness (QED) is 0.551. The molecule has 0 spiro atoms. The lowest BCUT2D eigenvalue weighted by Crippen LogP contribution is -1.81. The lowest BCUT2D eigenvalue weighted by molar-refractivity contribution is 0.927. The SMILES string of the molecule is Brc1nc[c]nn1. The Kier molecular flexibility index (Phi) is 1.31. The summed E-state index contributed by atoms with van der Waals surface area (Å²) in [7, 11) is 0. The second-order valence-corrected chi connectivity index (χ2v) is 1.57. The van der Waals surface area contributed by atoms with Crippen LogP contribution in [0.3, 0.4) is 0 Å². The van der Waals surface area contributed by atoms with Crippen LogP contribution < -0.4 is 0 Å². The summed E-state index contributed by atoms with van der Waals surface area (Å²) in [4.78, 5) is 3.67. The molecule has 0 aromatic carbocycles. The van der Waals surface area contributed by atoms with Crippen LogP contribution in [0.15, 0.2) is 10.9 Å². The monoisotopic (exact) mass is 158 g/mol. The highest BCUT2D eigenvalue weighted by Crippen LogP contribution is 1.92. The molecule has 1 aromatic rings. The average Bonchev–Trinajstić information content (AvgIpc) is 1.69. The van der Waals surface area contributed by atoms with Gasteiger partial charge in [-0.15, -0.1) is 10.2 Å². The third kappa shape index (κ3) is 1.19. The van der Waals surface area contributed by atoms with Crippen molar-refractivity contribution in [3.05, 3.63) is 17.1 Å². The molecule has 0 saturated heterocycles. The first kappa shape index (κ1) is 4.64. The van der Waals surface area contributed by atoms with E-state index in [9.17, 15) is 0 Å². The normalized spacial score (nSPS) is 8.71. The molecule has 0 atom stereocenters. The van der Waals surface area contributed by atoms with E-state index in [4.69, 9.17) is 0 Å². The molecule has 0 aliphatic heterocycles. The minimum atomic E-state index is 0.492.